The molecule has 3 N–H and O–H groups in total. The van der Waals surface area contributed by atoms with Gasteiger partial charge in [0.25, 0.3) is 0 Å². The van der Waals surface area contributed by atoms with Crippen LogP contribution in [0.4, 0.5) is 5.69 Å². The third-order valence-electron chi connectivity index (χ3n) is 2.75. The minimum absolute atomic E-state index is 0.00508. The highest BCUT2D eigenvalue weighted by Crippen LogP contribution is 2.32. The van der Waals surface area contributed by atoms with Gasteiger partial charge in [0.15, 0.2) is 11.5 Å². The van der Waals surface area contributed by atoms with Gasteiger partial charge >= 0.3 is 11.9 Å². The summed E-state index contributed by atoms with van der Waals surface area (Å²) in [4.78, 5) is 23.3. The Kier molecular flexibility index (Phi) is 4.08. The van der Waals surface area contributed by atoms with Crippen molar-refractivity contribution in [3.05, 3.63) is 53.6 Å². The molecule has 108 valence electrons. The van der Waals surface area contributed by atoms with E-state index in [0.717, 1.165) is 6.07 Å². The van der Waals surface area contributed by atoms with Crippen LogP contribution in [0.15, 0.2) is 42.5 Å². The van der Waals surface area contributed by atoms with Gasteiger partial charge in [-0.2, -0.15) is 0 Å². The highest BCUT2D eigenvalue weighted by molar-refractivity contribution is 5.97. The number of nitrogens with two attached hydrogens (primary N) is 1. The smallest absolute Gasteiger partial charge is 0.343 e. The summed E-state index contributed by atoms with van der Waals surface area (Å²) in [6, 6.07) is 10.6. The lowest BCUT2D eigenvalue weighted by molar-refractivity contribution is 0.0601. The van der Waals surface area contributed by atoms with E-state index in [0.29, 0.717) is 5.56 Å². The summed E-state index contributed by atoms with van der Waals surface area (Å²) in [6.45, 7) is 0. The molecule has 0 fully saturated rings. The monoisotopic (exact) mass is 287 g/mol. The van der Waals surface area contributed by atoms with Gasteiger partial charge in [-0.3, -0.25) is 0 Å². The topological polar surface area (TPSA) is 98.9 Å². The molecule has 6 heteroatoms. The van der Waals surface area contributed by atoms with Crippen molar-refractivity contribution in [2.75, 3.05) is 12.8 Å². The van der Waals surface area contributed by atoms with E-state index in [2.05, 4.69) is 4.74 Å². The summed E-state index contributed by atoms with van der Waals surface area (Å²) >= 11 is 0. The van der Waals surface area contributed by atoms with Crippen LogP contribution in [0.25, 0.3) is 0 Å². The number of rotatable bonds is 3. The number of hydrogen-bond donors (Lipinski definition) is 2. The number of aromatic hydroxyl groups is 1. The maximum atomic E-state index is 11.9. The molecule has 0 aliphatic carbocycles. The van der Waals surface area contributed by atoms with Crippen LogP contribution in [-0.2, 0) is 4.74 Å². The van der Waals surface area contributed by atoms with Crippen molar-refractivity contribution in [2.24, 2.45) is 0 Å². The first-order valence-electron chi connectivity index (χ1n) is 6.01. The molecule has 0 unspecified atom stereocenters. The predicted octanol–water partition coefficient (Wildman–Crippen LogP) is 1.98. The number of benzene rings is 2. The van der Waals surface area contributed by atoms with E-state index in [1.165, 1.54) is 13.2 Å². The minimum atomic E-state index is -0.691. The lowest BCUT2D eigenvalue weighted by Crippen LogP contribution is -2.10. The molecule has 0 aliphatic heterocycles. The van der Waals surface area contributed by atoms with Gasteiger partial charge in [0, 0.05) is 12.1 Å². The lowest BCUT2D eigenvalue weighted by atomic mass is 10.1. The van der Waals surface area contributed by atoms with E-state index in [1.807, 2.05) is 0 Å². The van der Waals surface area contributed by atoms with Crippen molar-refractivity contribution >= 4 is 17.6 Å². The molecule has 0 radical (unpaired) electrons. The Balaban J connectivity index is 2.28. The molecule has 0 aromatic heterocycles. The zero-order valence-corrected chi connectivity index (χ0v) is 11.2. The lowest BCUT2D eigenvalue weighted by Gasteiger charge is -2.10. The number of carbonyl (C=O) groups excluding carboxylic acids is 2. The summed E-state index contributed by atoms with van der Waals surface area (Å²) in [6.07, 6.45) is 0. The Morgan fingerprint density at radius 1 is 1.10 bits per heavy atom. The summed E-state index contributed by atoms with van der Waals surface area (Å²) in [5, 5.41) is 9.82. The fraction of sp³-hybridized carbons (Fsp3) is 0.0667. The summed E-state index contributed by atoms with van der Waals surface area (Å²) in [7, 11) is 1.20. The van der Waals surface area contributed by atoms with Crippen LogP contribution in [0, 0.1) is 0 Å². The first-order chi connectivity index (χ1) is 10.0. The van der Waals surface area contributed by atoms with Crippen molar-refractivity contribution in [2.45, 2.75) is 0 Å². The van der Waals surface area contributed by atoms with Gasteiger partial charge in [0.05, 0.1) is 23.9 Å². The second kappa shape index (κ2) is 5.96. The third-order valence-corrected chi connectivity index (χ3v) is 2.75. The molecule has 0 saturated heterocycles. The Morgan fingerprint density at radius 2 is 1.76 bits per heavy atom. The van der Waals surface area contributed by atoms with Crippen molar-refractivity contribution in [1.29, 1.82) is 0 Å². The van der Waals surface area contributed by atoms with E-state index < -0.39 is 11.9 Å². The number of methoxy groups -OCH3 is 1. The number of phenols is 1. The van der Waals surface area contributed by atoms with Crippen LogP contribution in [0.3, 0.4) is 0 Å². The van der Waals surface area contributed by atoms with E-state index in [-0.39, 0.29) is 22.7 Å². The van der Waals surface area contributed by atoms with E-state index in [1.54, 1.807) is 30.3 Å². The molecule has 0 amide bonds. The van der Waals surface area contributed by atoms with Crippen LogP contribution in [0.5, 0.6) is 11.5 Å². The van der Waals surface area contributed by atoms with E-state index >= 15 is 0 Å². The number of ether oxygens (including phenoxy) is 2. The highest BCUT2D eigenvalue weighted by Gasteiger charge is 2.17. The Bertz CT molecular complexity index is 682. The molecule has 21 heavy (non-hydrogen) atoms. The maximum absolute atomic E-state index is 11.9. The van der Waals surface area contributed by atoms with Gasteiger partial charge in [-0.25, -0.2) is 9.59 Å². The molecule has 0 atom stereocenters. The van der Waals surface area contributed by atoms with Crippen LogP contribution < -0.4 is 10.5 Å². The quantitative estimate of drug-likeness (QED) is 0.387. The van der Waals surface area contributed by atoms with Gasteiger partial charge in [0.2, 0.25) is 0 Å². The molecule has 0 saturated carbocycles. The largest absolute Gasteiger partial charge is 0.504 e. The molecule has 2 aromatic carbocycles. The third kappa shape index (κ3) is 3.11. The van der Waals surface area contributed by atoms with Crippen LogP contribution in [0.2, 0.25) is 0 Å². The molecular formula is C15H13NO5. The predicted molar refractivity (Wildman–Crippen MR) is 75.3 cm³/mol. The Labute approximate surface area is 120 Å². The van der Waals surface area contributed by atoms with Gasteiger partial charge in [-0.1, -0.05) is 18.2 Å². The van der Waals surface area contributed by atoms with Gasteiger partial charge in [-0.05, 0) is 12.1 Å². The first-order valence-corrected chi connectivity index (χ1v) is 6.01. The number of anilines is 1. The van der Waals surface area contributed by atoms with Crippen LogP contribution in [-0.4, -0.2) is 24.2 Å². The van der Waals surface area contributed by atoms with Crippen molar-refractivity contribution in [3.63, 3.8) is 0 Å². The summed E-state index contributed by atoms with van der Waals surface area (Å²) in [5.41, 5.74) is 6.04. The van der Waals surface area contributed by atoms with E-state index in [9.17, 15) is 14.7 Å². The zero-order chi connectivity index (χ0) is 15.4. The average Bonchev–Trinajstić information content (AvgIpc) is 2.50. The number of esters is 2. The number of hydrogen-bond acceptors (Lipinski definition) is 6. The molecular weight excluding hydrogens is 274 g/mol. The highest BCUT2D eigenvalue weighted by atomic mass is 16.5. The summed E-state index contributed by atoms with van der Waals surface area (Å²) < 4.78 is 9.58. The molecule has 0 bridgehead atoms. The second-order valence-corrected chi connectivity index (χ2v) is 4.15. The fourth-order valence-corrected chi connectivity index (χ4v) is 1.69. The normalized spacial score (nSPS) is 9.95. The van der Waals surface area contributed by atoms with Gasteiger partial charge in [-0.15, -0.1) is 0 Å². The Morgan fingerprint density at radius 3 is 2.38 bits per heavy atom. The molecule has 0 aliphatic rings. The Hall–Kier alpha value is -3.02. The molecule has 6 nitrogen and oxygen atoms in total. The van der Waals surface area contributed by atoms with Crippen LogP contribution in [0.1, 0.15) is 20.7 Å². The molecule has 2 rings (SSSR count). The van der Waals surface area contributed by atoms with E-state index in [4.69, 9.17) is 10.5 Å². The molecule has 2 aromatic rings. The van der Waals surface area contributed by atoms with Gasteiger partial charge < -0.3 is 20.3 Å². The standard InChI is InChI=1S/C15H13NO5/c1-20-15(19)10-7-12(17)13(8-11(10)16)21-14(18)9-5-3-2-4-6-9/h2-8,17H,16H2,1H3. The number of phenolic OH excluding ortho intramolecular Hbond substituents is 1. The molecule has 0 heterocycles. The van der Waals surface area contributed by atoms with Crippen molar-refractivity contribution in [1.82, 2.24) is 0 Å². The van der Waals surface area contributed by atoms with Crippen molar-refractivity contribution in [3.8, 4) is 11.5 Å². The zero-order valence-electron chi connectivity index (χ0n) is 11.2. The maximum Gasteiger partial charge on any atom is 0.343 e. The summed E-state index contributed by atoms with van der Waals surface area (Å²) in [5.74, 6) is -1.84. The SMILES string of the molecule is COC(=O)c1cc(O)c(OC(=O)c2ccccc2)cc1N. The first kappa shape index (κ1) is 14.4. The van der Waals surface area contributed by atoms with Crippen LogP contribution >= 0.6 is 0 Å². The second-order valence-electron chi connectivity index (χ2n) is 4.15. The number of nitrogen functional groups attached to an aromatic ring is 1. The van der Waals surface area contributed by atoms with Gasteiger partial charge in [0.1, 0.15) is 0 Å². The fourth-order valence-electron chi connectivity index (χ4n) is 1.69. The average molecular weight is 287 g/mol. The number of carbonyl (C=O) groups is 2. The van der Waals surface area contributed by atoms with Crippen molar-refractivity contribution < 1.29 is 24.2 Å². The minimum Gasteiger partial charge on any atom is -0.504 e. The molecule has 0 spiro atoms.